The molecule has 0 fully saturated rings. The molecule has 0 atom stereocenters. The molecule has 1 aromatic carbocycles. The minimum atomic E-state index is -0.821. The highest BCUT2D eigenvalue weighted by molar-refractivity contribution is 5.94. The number of halogens is 1. The van der Waals surface area contributed by atoms with E-state index in [-0.39, 0.29) is 25.6 Å². The van der Waals surface area contributed by atoms with E-state index in [0.29, 0.717) is 17.8 Å². The zero-order chi connectivity index (χ0) is 18.1. The zero-order valence-electron chi connectivity index (χ0n) is 14.0. The van der Waals surface area contributed by atoms with Gasteiger partial charge < -0.3 is 10.1 Å². The number of hydrogen-bond acceptors (Lipinski definition) is 5. The maximum atomic E-state index is 13.5. The fraction of sp³-hybridized carbons (Fsp3) is 0.438. The zero-order valence-corrected chi connectivity index (χ0v) is 14.0. The SMILES string of the molecule is CCOC(=O)NC(=O)CN(CC)CC(=O)Nc1ccc(C)c(F)c1. The summed E-state index contributed by atoms with van der Waals surface area (Å²) in [6.07, 6.45) is -0.821. The van der Waals surface area contributed by atoms with Crippen molar-refractivity contribution in [3.05, 3.63) is 29.6 Å². The summed E-state index contributed by atoms with van der Waals surface area (Å²) in [5, 5.41) is 4.62. The van der Waals surface area contributed by atoms with E-state index in [9.17, 15) is 18.8 Å². The van der Waals surface area contributed by atoms with E-state index < -0.39 is 17.8 Å². The van der Waals surface area contributed by atoms with Crippen molar-refractivity contribution in [2.24, 2.45) is 0 Å². The van der Waals surface area contributed by atoms with Gasteiger partial charge in [0.25, 0.3) is 0 Å². The summed E-state index contributed by atoms with van der Waals surface area (Å²) in [6, 6.07) is 4.40. The first kappa shape index (κ1) is 19.6. The van der Waals surface area contributed by atoms with Crippen LogP contribution in [0.2, 0.25) is 0 Å². The average Bonchev–Trinajstić information content (AvgIpc) is 2.50. The van der Waals surface area contributed by atoms with E-state index in [2.05, 4.69) is 15.4 Å². The molecule has 0 unspecified atom stereocenters. The number of likely N-dealkylation sites (N-methyl/N-ethyl adjacent to an activating group) is 1. The molecule has 0 radical (unpaired) electrons. The second-order valence-electron chi connectivity index (χ2n) is 5.08. The van der Waals surface area contributed by atoms with Crippen LogP contribution >= 0.6 is 0 Å². The highest BCUT2D eigenvalue weighted by atomic mass is 19.1. The van der Waals surface area contributed by atoms with Crippen LogP contribution in [0.3, 0.4) is 0 Å². The topological polar surface area (TPSA) is 87.7 Å². The Morgan fingerprint density at radius 1 is 1.17 bits per heavy atom. The third kappa shape index (κ3) is 6.74. The van der Waals surface area contributed by atoms with Crippen LogP contribution in [0.25, 0.3) is 0 Å². The van der Waals surface area contributed by atoms with Gasteiger partial charge in [-0.3, -0.25) is 19.8 Å². The number of hydrogen-bond donors (Lipinski definition) is 2. The normalized spacial score (nSPS) is 10.4. The molecule has 0 aromatic heterocycles. The lowest BCUT2D eigenvalue weighted by Gasteiger charge is -2.19. The number of alkyl carbamates (subject to hydrolysis) is 1. The predicted molar refractivity (Wildman–Crippen MR) is 87.0 cm³/mol. The molecule has 24 heavy (non-hydrogen) atoms. The average molecular weight is 339 g/mol. The minimum Gasteiger partial charge on any atom is -0.450 e. The number of amides is 3. The van der Waals surface area contributed by atoms with Gasteiger partial charge in [-0.1, -0.05) is 13.0 Å². The van der Waals surface area contributed by atoms with Crippen molar-refractivity contribution in [2.75, 3.05) is 31.6 Å². The van der Waals surface area contributed by atoms with Crippen LogP contribution in [0.1, 0.15) is 19.4 Å². The van der Waals surface area contributed by atoms with Gasteiger partial charge in [0.1, 0.15) is 5.82 Å². The molecule has 0 aliphatic carbocycles. The van der Waals surface area contributed by atoms with Crippen LogP contribution in [-0.2, 0) is 14.3 Å². The first-order chi connectivity index (χ1) is 11.3. The van der Waals surface area contributed by atoms with Crippen LogP contribution < -0.4 is 10.6 Å². The van der Waals surface area contributed by atoms with Crippen molar-refractivity contribution < 1.29 is 23.5 Å². The molecular weight excluding hydrogens is 317 g/mol. The summed E-state index contributed by atoms with van der Waals surface area (Å²) >= 11 is 0. The number of benzene rings is 1. The lowest BCUT2D eigenvalue weighted by atomic mass is 10.2. The standard InChI is InChI=1S/C16H22FN3O4/c1-4-20(10-15(22)19-16(23)24-5-2)9-14(21)18-12-7-6-11(3)13(17)8-12/h6-8H,4-5,9-10H2,1-3H3,(H,18,21)(H,19,22,23). The molecule has 0 spiro atoms. The number of ether oxygens (including phenoxy) is 1. The third-order valence-corrected chi connectivity index (χ3v) is 3.15. The molecule has 8 heteroatoms. The predicted octanol–water partition coefficient (Wildman–Crippen LogP) is 1.67. The highest BCUT2D eigenvalue weighted by Crippen LogP contribution is 2.13. The van der Waals surface area contributed by atoms with Crippen LogP contribution in [0.4, 0.5) is 14.9 Å². The monoisotopic (exact) mass is 339 g/mol. The summed E-state index contributed by atoms with van der Waals surface area (Å²) in [5.41, 5.74) is 0.828. The fourth-order valence-corrected chi connectivity index (χ4v) is 1.88. The Bertz CT molecular complexity index is 607. The number of rotatable bonds is 7. The van der Waals surface area contributed by atoms with Crippen LogP contribution in [0.5, 0.6) is 0 Å². The summed E-state index contributed by atoms with van der Waals surface area (Å²) in [7, 11) is 0. The molecule has 0 heterocycles. The van der Waals surface area contributed by atoms with Gasteiger partial charge in [-0.25, -0.2) is 9.18 Å². The smallest absolute Gasteiger partial charge is 0.413 e. The number of imide groups is 1. The lowest BCUT2D eigenvalue weighted by Crippen LogP contribution is -2.43. The van der Waals surface area contributed by atoms with Crippen molar-refractivity contribution in [3.8, 4) is 0 Å². The highest BCUT2D eigenvalue weighted by Gasteiger charge is 2.15. The second-order valence-corrected chi connectivity index (χ2v) is 5.08. The molecule has 7 nitrogen and oxygen atoms in total. The van der Waals surface area contributed by atoms with Crippen LogP contribution in [0.15, 0.2) is 18.2 Å². The van der Waals surface area contributed by atoms with E-state index in [1.54, 1.807) is 32.9 Å². The molecule has 1 aromatic rings. The molecule has 0 saturated heterocycles. The van der Waals surface area contributed by atoms with E-state index in [4.69, 9.17) is 0 Å². The molecule has 2 N–H and O–H groups in total. The number of carbonyl (C=O) groups excluding carboxylic acids is 3. The Kier molecular flexibility index (Phi) is 7.84. The van der Waals surface area contributed by atoms with Gasteiger partial charge in [-0.2, -0.15) is 0 Å². The number of nitrogens with one attached hydrogen (secondary N) is 2. The molecular formula is C16H22FN3O4. The molecule has 132 valence electrons. The van der Waals surface area contributed by atoms with Gasteiger partial charge in [-0.05, 0) is 38.1 Å². The molecule has 1 rings (SSSR count). The first-order valence-electron chi connectivity index (χ1n) is 7.60. The molecule has 3 amide bonds. The molecule has 0 aliphatic heterocycles. The Hall–Kier alpha value is -2.48. The Labute approximate surface area is 140 Å². The Morgan fingerprint density at radius 2 is 1.83 bits per heavy atom. The second kappa shape index (κ2) is 9.61. The van der Waals surface area contributed by atoms with Gasteiger partial charge in [0.05, 0.1) is 19.7 Å². The largest absolute Gasteiger partial charge is 0.450 e. The molecule has 0 bridgehead atoms. The summed E-state index contributed by atoms with van der Waals surface area (Å²) in [6.45, 7) is 5.41. The van der Waals surface area contributed by atoms with Gasteiger partial charge in [0.15, 0.2) is 0 Å². The third-order valence-electron chi connectivity index (χ3n) is 3.15. The maximum Gasteiger partial charge on any atom is 0.413 e. The Balaban J connectivity index is 2.51. The molecule has 0 aliphatic rings. The number of nitrogens with zero attached hydrogens (tertiary/aromatic N) is 1. The van der Waals surface area contributed by atoms with E-state index in [1.807, 2.05) is 0 Å². The van der Waals surface area contributed by atoms with Crippen LogP contribution in [0, 0.1) is 12.7 Å². The maximum absolute atomic E-state index is 13.5. The number of aryl methyl sites for hydroxylation is 1. The van der Waals surface area contributed by atoms with Gasteiger partial charge >= 0.3 is 6.09 Å². The quantitative estimate of drug-likeness (QED) is 0.789. The van der Waals surface area contributed by atoms with Crippen LogP contribution in [-0.4, -0.2) is 49.0 Å². The van der Waals surface area contributed by atoms with Gasteiger partial charge in [0.2, 0.25) is 11.8 Å². The summed E-state index contributed by atoms with van der Waals surface area (Å²) in [4.78, 5) is 36.4. The number of anilines is 1. The van der Waals surface area contributed by atoms with Crippen molar-refractivity contribution in [1.29, 1.82) is 0 Å². The molecule has 0 saturated carbocycles. The lowest BCUT2D eigenvalue weighted by molar-refractivity contribution is -0.122. The van der Waals surface area contributed by atoms with E-state index >= 15 is 0 Å². The van der Waals surface area contributed by atoms with Crippen molar-refractivity contribution in [2.45, 2.75) is 20.8 Å². The first-order valence-corrected chi connectivity index (χ1v) is 7.60. The van der Waals surface area contributed by atoms with Crippen molar-refractivity contribution in [3.63, 3.8) is 0 Å². The van der Waals surface area contributed by atoms with Crippen molar-refractivity contribution in [1.82, 2.24) is 10.2 Å². The summed E-state index contributed by atoms with van der Waals surface area (Å²) in [5.74, 6) is -1.36. The number of carbonyl (C=O) groups is 3. The van der Waals surface area contributed by atoms with Gasteiger partial charge in [0, 0.05) is 5.69 Å². The van der Waals surface area contributed by atoms with E-state index in [0.717, 1.165) is 0 Å². The summed E-state index contributed by atoms with van der Waals surface area (Å²) < 4.78 is 18.1. The van der Waals surface area contributed by atoms with Gasteiger partial charge in [-0.15, -0.1) is 0 Å². The van der Waals surface area contributed by atoms with Crippen molar-refractivity contribution >= 4 is 23.6 Å². The minimum absolute atomic E-state index is 0.0672. The Morgan fingerprint density at radius 3 is 2.42 bits per heavy atom. The fourth-order valence-electron chi connectivity index (χ4n) is 1.88. The van der Waals surface area contributed by atoms with E-state index in [1.165, 1.54) is 11.0 Å².